The summed E-state index contributed by atoms with van der Waals surface area (Å²) in [5.74, 6) is -0.833. The van der Waals surface area contributed by atoms with Crippen LogP contribution in [0, 0.1) is 10.1 Å². The van der Waals surface area contributed by atoms with Gasteiger partial charge in [-0.3, -0.25) is 19.7 Å². The minimum absolute atomic E-state index is 0.171. The first-order valence-corrected chi connectivity index (χ1v) is 9.99. The maximum atomic E-state index is 12.4. The number of amides is 1. The number of esters is 1. The highest BCUT2D eigenvalue weighted by Crippen LogP contribution is 2.26. The van der Waals surface area contributed by atoms with Gasteiger partial charge in [0.15, 0.2) is 6.61 Å². The molecule has 0 unspecified atom stereocenters. The average Bonchev–Trinajstić information content (AvgIpc) is 3.17. The third-order valence-electron chi connectivity index (χ3n) is 4.63. The first kappa shape index (κ1) is 22.7. The molecule has 0 saturated carbocycles. The molecule has 0 aliphatic heterocycles. The molecule has 1 N–H and O–H groups in total. The van der Waals surface area contributed by atoms with Gasteiger partial charge in [-0.2, -0.15) is 5.10 Å². The van der Waals surface area contributed by atoms with E-state index in [-0.39, 0.29) is 23.1 Å². The van der Waals surface area contributed by atoms with Gasteiger partial charge in [-0.1, -0.05) is 57.2 Å². The summed E-state index contributed by atoms with van der Waals surface area (Å²) < 4.78 is 6.65. The van der Waals surface area contributed by atoms with Crippen molar-refractivity contribution in [2.75, 3.05) is 11.9 Å². The van der Waals surface area contributed by atoms with Crippen LogP contribution in [0.4, 0.5) is 11.5 Å². The van der Waals surface area contributed by atoms with Gasteiger partial charge < -0.3 is 10.1 Å². The summed E-state index contributed by atoms with van der Waals surface area (Å²) in [7, 11) is 0. The number of nitro groups is 1. The molecular formula is C23H24N4O5. The number of aromatic nitrogens is 2. The molecule has 3 rings (SSSR count). The van der Waals surface area contributed by atoms with E-state index in [2.05, 4.69) is 10.4 Å². The molecule has 9 nitrogen and oxygen atoms in total. The van der Waals surface area contributed by atoms with Crippen molar-refractivity contribution in [3.8, 4) is 5.69 Å². The van der Waals surface area contributed by atoms with Crippen molar-refractivity contribution in [1.82, 2.24) is 9.78 Å². The quantitative estimate of drug-likeness (QED) is 0.342. The predicted molar refractivity (Wildman–Crippen MR) is 119 cm³/mol. The lowest BCUT2D eigenvalue weighted by molar-refractivity contribution is -0.385. The fourth-order valence-electron chi connectivity index (χ4n) is 2.97. The SMILES string of the molecule is CC(C)(C)c1cc(NC(=O)COC(=O)Cc2ccccc2[N+](=O)[O-])n(-c2ccccc2)n1. The Hall–Kier alpha value is -4.01. The van der Waals surface area contributed by atoms with Crippen molar-refractivity contribution in [2.24, 2.45) is 0 Å². The number of hydrogen-bond acceptors (Lipinski definition) is 6. The van der Waals surface area contributed by atoms with Crippen LogP contribution in [0.2, 0.25) is 0 Å². The van der Waals surface area contributed by atoms with Crippen LogP contribution >= 0.6 is 0 Å². The molecule has 1 aromatic heterocycles. The smallest absolute Gasteiger partial charge is 0.311 e. The standard InChI is InChI=1S/C23H24N4O5/c1-23(2,3)19-14-20(26(25-19)17-10-5-4-6-11-17)24-21(28)15-32-22(29)13-16-9-7-8-12-18(16)27(30)31/h4-12,14H,13,15H2,1-3H3,(H,24,28). The normalized spacial score (nSPS) is 11.1. The van der Waals surface area contributed by atoms with Crippen molar-refractivity contribution in [1.29, 1.82) is 0 Å². The topological polar surface area (TPSA) is 116 Å². The molecule has 166 valence electrons. The third kappa shape index (κ3) is 5.57. The molecule has 2 aromatic carbocycles. The molecule has 1 heterocycles. The summed E-state index contributed by atoms with van der Waals surface area (Å²) in [6, 6.07) is 17.0. The monoisotopic (exact) mass is 436 g/mol. The zero-order valence-corrected chi connectivity index (χ0v) is 18.1. The van der Waals surface area contributed by atoms with E-state index in [1.165, 1.54) is 18.2 Å². The van der Waals surface area contributed by atoms with E-state index in [1.54, 1.807) is 16.8 Å². The van der Waals surface area contributed by atoms with Crippen molar-refractivity contribution in [2.45, 2.75) is 32.6 Å². The van der Waals surface area contributed by atoms with Gasteiger partial charge in [-0.25, -0.2) is 4.68 Å². The Balaban J connectivity index is 1.68. The second kappa shape index (κ2) is 9.42. The molecular weight excluding hydrogens is 412 g/mol. The van der Waals surface area contributed by atoms with E-state index in [4.69, 9.17) is 4.74 Å². The van der Waals surface area contributed by atoms with E-state index in [9.17, 15) is 19.7 Å². The fourth-order valence-corrected chi connectivity index (χ4v) is 2.97. The molecule has 0 bridgehead atoms. The summed E-state index contributed by atoms with van der Waals surface area (Å²) in [5.41, 5.74) is 1.36. The zero-order valence-electron chi connectivity index (χ0n) is 18.1. The Labute approximate surface area is 185 Å². The van der Waals surface area contributed by atoms with E-state index < -0.39 is 23.4 Å². The van der Waals surface area contributed by atoms with Crippen LogP contribution in [-0.2, 0) is 26.2 Å². The number of benzene rings is 2. The van der Waals surface area contributed by atoms with E-state index in [1.807, 2.05) is 51.1 Å². The molecule has 1 amide bonds. The van der Waals surface area contributed by atoms with Gasteiger partial charge in [0.05, 0.1) is 22.7 Å². The molecule has 0 aliphatic rings. The van der Waals surface area contributed by atoms with Crippen molar-refractivity contribution in [3.05, 3.63) is 82.0 Å². The lowest BCUT2D eigenvalue weighted by Gasteiger charge is -2.14. The van der Waals surface area contributed by atoms with Gasteiger partial charge in [0, 0.05) is 23.1 Å². The molecule has 0 saturated heterocycles. The second-order valence-corrected chi connectivity index (χ2v) is 8.18. The Bertz CT molecular complexity index is 1130. The van der Waals surface area contributed by atoms with Gasteiger partial charge >= 0.3 is 5.97 Å². The summed E-state index contributed by atoms with van der Waals surface area (Å²) in [6.45, 7) is 5.52. The van der Waals surface area contributed by atoms with Crippen LogP contribution in [0.15, 0.2) is 60.7 Å². The van der Waals surface area contributed by atoms with Crippen LogP contribution in [-0.4, -0.2) is 33.2 Å². The number of rotatable bonds is 7. The van der Waals surface area contributed by atoms with Crippen LogP contribution in [0.1, 0.15) is 32.0 Å². The van der Waals surface area contributed by atoms with Crippen LogP contribution in [0.5, 0.6) is 0 Å². The minimum Gasteiger partial charge on any atom is -0.455 e. The predicted octanol–water partition coefficient (Wildman–Crippen LogP) is 3.80. The molecule has 0 aliphatic carbocycles. The lowest BCUT2D eigenvalue weighted by atomic mass is 9.92. The van der Waals surface area contributed by atoms with Crippen molar-refractivity contribution >= 4 is 23.4 Å². The largest absolute Gasteiger partial charge is 0.455 e. The Morgan fingerprint density at radius 2 is 1.75 bits per heavy atom. The van der Waals surface area contributed by atoms with E-state index in [0.29, 0.717) is 5.82 Å². The van der Waals surface area contributed by atoms with Gasteiger partial charge in [0.25, 0.3) is 11.6 Å². The van der Waals surface area contributed by atoms with Gasteiger partial charge in [-0.05, 0) is 12.1 Å². The number of carbonyl (C=O) groups excluding carboxylic acids is 2. The third-order valence-corrected chi connectivity index (χ3v) is 4.63. The van der Waals surface area contributed by atoms with Gasteiger partial charge in [0.2, 0.25) is 0 Å². The highest BCUT2D eigenvalue weighted by atomic mass is 16.6. The Morgan fingerprint density at radius 1 is 1.09 bits per heavy atom. The molecule has 3 aromatic rings. The number of nitro benzene ring substituents is 1. The summed E-state index contributed by atoms with van der Waals surface area (Å²) in [4.78, 5) is 35.1. The summed E-state index contributed by atoms with van der Waals surface area (Å²) >= 11 is 0. The number of para-hydroxylation sites is 2. The summed E-state index contributed by atoms with van der Waals surface area (Å²) in [5, 5.41) is 18.4. The lowest BCUT2D eigenvalue weighted by Crippen LogP contribution is -2.23. The molecule has 0 radical (unpaired) electrons. The van der Waals surface area contributed by atoms with Crippen molar-refractivity contribution in [3.63, 3.8) is 0 Å². The van der Waals surface area contributed by atoms with Crippen LogP contribution in [0.3, 0.4) is 0 Å². The fraction of sp³-hybridized carbons (Fsp3) is 0.261. The van der Waals surface area contributed by atoms with E-state index >= 15 is 0 Å². The Kier molecular flexibility index (Phi) is 6.67. The summed E-state index contributed by atoms with van der Waals surface area (Å²) in [6.07, 6.45) is -0.305. The number of carbonyl (C=O) groups is 2. The van der Waals surface area contributed by atoms with Gasteiger partial charge in [0.1, 0.15) is 5.82 Å². The number of ether oxygens (including phenoxy) is 1. The maximum absolute atomic E-state index is 12.4. The molecule has 9 heteroatoms. The molecule has 32 heavy (non-hydrogen) atoms. The van der Waals surface area contributed by atoms with Crippen molar-refractivity contribution < 1.29 is 19.2 Å². The highest BCUT2D eigenvalue weighted by molar-refractivity contribution is 5.92. The highest BCUT2D eigenvalue weighted by Gasteiger charge is 2.22. The Morgan fingerprint density at radius 3 is 2.41 bits per heavy atom. The first-order valence-electron chi connectivity index (χ1n) is 9.99. The first-order chi connectivity index (χ1) is 15.1. The number of hydrogen-bond donors (Lipinski definition) is 1. The second-order valence-electron chi connectivity index (χ2n) is 8.18. The maximum Gasteiger partial charge on any atom is 0.311 e. The minimum atomic E-state index is -0.735. The average molecular weight is 436 g/mol. The molecule has 0 spiro atoms. The number of anilines is 1. The van der Waals surface area contributed by atoms with Gasteiger partial charge in [-0.15, -0.1) is 0 Å². The number of nitrogens with zero attached hydrogens (tertiary/aromatic N) is 3. The zero-order chi connectivity index (χ0) is 23.3. The number of nitrogens with one attached hydrogen (secondary N) is 1. The molecule has 0 atom stereocenters. The van der Waals surface area contributed by atoms with Crippen LogP contribution < -0.4 is 5.32 Å². The van der Waals surface area contributed by atoms with Crippen LogP contribution in [0.25, 0.3) is 5.69 Å². The van der Waals surface area contributed by atoms with E-state index in [0.717, 1.165) is 11.4 Å². The molecule has 0 fully saturated rings.